The summed E-state index contributed by atoms with van der Waals surface area (Å²) in [7, 11) is 0. The normalized spacial score (nSPS) is 12.8. The van der Waals surface area contributed by atoms with Gasteiger partial charge >= 0.3 is 0 Å². The monoisotopic (exact) mass is 292 g/mol. The molecule has 0 unspecified atom stereocenters. The third kappa shape index (κ3) is 2.32. The van der Waals surface area contributed by atoms with Gasteiger partial charge in [-0.15, -0.1) is 0 Å². The van der Waals surface area contributed by atoms with Crippen LogP contribution in [-0.4, -0.2) is 15.1 Å². The predicted octanol–water partition coefficient (Wildman–Crippen LogP) is 3.95. The van der Waals surface area contributed by atoms with Crippen LogP contribution >= 0.6 is 23.2 Å². The second kappa shape index (κ2) is 4.85. The van der Waals surface area contributed by atoms with Gasteiger partial charge in [-0.05, 0) is 24.3 Å². The molecule has 0 fully saturated rings. The van der Waals surface area contributed by atoms with Crippen LogP contribution in [0.4, 0.5) is 0 Å². The maximum absolute atomic E-state index is 10.3. The maximum Gasteiger partial charge on any atom is 0.140 e. The number of hydrogen-bond donors (Lipinski definition) is 2. The molecule has 1 atom stereocenters. The molecule has 2 N–H and O–H groups in total. The third-order valence-electron chi connectivity index (χ3n) is 2.92. The third-order valence-corrected chi connectivity index (χ3v) is 3.49. The van der Waals surface area contributed by atoms with Gasteiger partial charge in [0.05, 0.1) is 11.0 Å². The van der Waals surface area contributed by atoms with Gasteiger partial charge in [-0.1, -0.05) is 41.4 Å². The summed E-state index contributed by atoms with van der Waals surface area (Å²) in [6.07, 6.45) is -0.905. The maximum atomic E-state index is 10.3. The molecule has 3 nitrogen and oxygen atoms in total. The molecule has 19 heavy (non-hydrogen) atoms. The lowest BCUT2D eigenvalue weighted by molar-refractivity contribution is 0.211. The van der Waals surface area contributed by atoms with Gasteiger partial charge in [0.15, 0.2) is 0 Å². The van der Waals surface area contributed by atoms with E-state index in [1.807, 2.05) is 24.3 Å². The molecule has 0 saturated heterocycles. The Kier molecular flexibility index (Phi) is 3.19. The van der Waals surface area contributed by atoms with E-state index in [0.29, 0.717) is 21.4 Å². The lowest BCUT2D eigenvalue weighted by Crippen LogP contribution is -2.02. The minimum absolute atomic E-state index is 0.417. The van der Waals surface area contributed by atoms with Gasteiger partial charge in [-0.2, -0.15) is 0 Å². The lowest BCUT2D eigenvalue weighted by Gasteiger charge is -2.10. The molecule has 3 aromatic rings. The van der Waals surface area contributed by atoms with Crippen LogP contribution in [0.25, 0.3) is 11.0 Å². The van der Waals surface area contributed by atoms with Crippen molar-refractivity contribution < 1.29 is 5.11 Å². The molecule has 0 spiro atoms. The number of H-pyrrole nitrogens is 1. The second-order valence-corrected chi connectivity index (χ2v) is 5.05. The summed E-state index contributed by atoms with van der Waals surface area (Å²) in [4.78, 5) is 7.44. The minimum Gasteiger partial charge on any atom is -0.380 e. The molecule has 0 amide bonds. The lowest BCUT2D eigenvalue weighted by atomic mass is 10.1. The Morgan fingerprint density at radius 1 is 1.11 bits per heavy atom. The Bertz CT molecular complexity index is 706. The summed E-state index contributed by atoms with van der Waals surface area (Å²) in [6.45, 7) is 0. The number of rotatable bonds is 2. The fraction of sp³-hybridized carbons (Fsp3) is 0.0714. The quantitative estimate of drug-likeness (QED) is 0.751. The number of imidazole rings is 1. The van der Waals surface area contributed by atoms with Crippen molar-refractivity contribution in [2.45, 2.75) is 6.10 Å². The summed E-state index contributed by atoms with van der Waals surface area (Å²) in [6, 6.07) is 12.6. The molecular weight excluding hydrogens is 283 g/mol. The van der Waals surface area contributed by atoms with Crippen LogP contribution in [0, 0.1) is 0 Å². The van der Waals surface area contributed by atoms with Crippen LogP contribution in [0.5, 0.6) is 0 Å². The second-order valence-electron chi connectivity index (χ2n) is 4.21. The Balaban J connectivity index is 2.05. The predicted molar refractivity (Wildman–Crippen MR) is 76.6 cm³/mol. The first kappa shape index (κ1) is 12.5. The molecule has 3 rings (SSSR count). The van der Waals surface area contributed by atoms with Crippen LogP contribution < -0.4 is 0 Å². The zero-order chi connectivity index (χ0) is 13.4. The van der Waals surface area contributed by atoms with Crippen LogP contribution in [0.1, 0.15) is 17.5 Å². The van der Waals surface area contributed by atoms with Crippen LogP contribution in [-0.2, 0) is 0 Å². The fourth-order valence-electron chi connectivity index (χ4n) is 1.97. The van der Waals surface area contributed by atoms with E-state index in [4.69, 9.17) is 23.2 Å². The molecule has 5 heteroatoms. The summed E-state index contributed by atoms with van der Waals surface area (Å²) >= 11 is 11.9. The van der Waals surface area contributed by atoms with E-state index in [1.165, 1.54) is 0 Å². The molecule has 0 aliphatic rings. The average Bonchev–Trinajstić information content (AvgIpc) is 2.81. The minimum atomic E-state index is -0.905. The van der Waals surface area contributed by atoms with Crippen molar-refractivity contribution in [1.82, 2.24) is 9.97 Å². The SMILES string of the molecule is O[C@H](c1nc2ccccc2[nH]1)c1ccc(Cl)cc1Cl. The first-order valence-electron chi connectivity index (χ1n) is 5.73. The number of hydrogen-bond acceptors (Lipinski definition) is 2. The number of halogens is 2. The Morgan fingerprint density at radius 3 is 2.63 bits per heavy atom. The van der Waals surface area contributed by atoms with E-state index in [1.54, 1.807) is 18.2 Å². The molecule has 1 aromatic heterocycles. The van der Waals surface area contributed by atoms with E-state index < -0.39 is 6.10 Å². The summed E-state index contributed by atoms with van der Waals surface area (Å²) < 4.78 is 0. The van der Waals surface area contributed by atoms with E-state index >= 15 is 0 Å². The number of aliphatic hydroxyl groups is 1. The smallest absolute Gasteiger partial charge is 0.140 e. The molecule has 96 valence electrons. The Hall–Kier alpha value is -1.55. The molecule has 2 aromatic carbocycles. The number of nitrogens with one attached hydrogen (secondary N) is 1. The molecule has 0 saturated carbocycles. The Labute approximate surface area is 119 Å². The highest BCUT2D eigenvalue weighted by Crippen LogP contribution is 2.29. The molecule has 0 radical (unpaired) electrons. The number of nitrogens with zero attached hydrogens (tertiary/aromatic N) is 1. The van der Waals surface area contributed by atoms with Crippen molar-refractivity contribution in [3.8, 4) is 0 Å². The van der Waals surface area contributed by atoms with Gasteiger partial charge in [0.25, 0.3) is 0 Å². The van der Waals surface area contributed by atoms with E-state index in [9.17, 15) is 5.11 Å². The highest BCUT2D eigenvalue weighted by Gasteiger charge is 2.17. The molecular formula is C14H10Cl2N2O. The highest BCUT2D eigenvalue weighted by atomic mass is 35.5. The number of benzene rings is 2. The number of para-hydroxylation sites is 2. The van der Waals surface area contributed by atoms with Gasteiger partial charge in [0.1, 0.15) is 11.9 Å². The van der Waals surface area contributed by atoms with Crippen molar-refractivity contribution in [1.29, 1.82) is 0 Å². The number of aromatic nitrogens is 2. The number of fused-ring (bicyclic) bond motifs is 1. The summed E-state index contributed by atoms with van der Waals surface area (Å²) in [5, 5.41) is 11.3. The summed E-state index contributed by atoms with van der Waals surface area (Å²) in [5.41, 5.74) is 2.26. The van der Waals surface area contributed by atoms with Crippen molar-refractivity contribution in [3.63, 3.8) is 0 Å². The largest absolute Gasteiger partial charge is 0.380 e. The van der Waals surface area contributed by atoms with Gasteiger partial charge in [-0.3, -0.25) is 0 Å². The average molecular weight is 293 g/mol. The van der Waals surface area contributed by atoms with E-state index in [-0.39, 0.29) is 0 Å². The zero-order valence-corrected chi connectivity index (χ0v) is 11.3. The summed E-state index contributed by atoms with van der Waals surface area (Å²) in [5.74, 6) is 0.463. The van der Waals surface area contributed by atoms with Crippen molar-refractivity contribution in [2.24, 2.45) is 0 Å². The first-order valence-corrected chi connectivity index (χ1v) is 6.48. The Morgan fingerprint density at radius 2 is 1.89 bits per heavy atom. The van der Waals surface area contributed by atoms with E-state index in [0.717, 1.165) is 11.0 Å². The molecule has 0 aliphatic carbocycles. The topological polar surface area (TPSA) is 48.9 Å². The standard InChI is InChI=1S/C14H10Cl2N2O/c15-8-5-6-9(10(16)7-8)13(19)14-17-11-3-1-2-4-12(11)18-14/h1-7,13,19H,(H,17,18)/t13-/m0/s1. The van der Waals surface area contributed by atoms with Crippen molar-refractivity contribution in [2.75, 3.05) is 0 Å². The van der Waals surface area contributed by atoms with Gasteiger partial charge in [0, 0.05) is 15.6 Å². The van der Waals surface area contributed by atoms with E-state index in [2.05, 4.69) is 9.97 Å². The van der Waals surface area contributed by atoms with Crippen molar-refractivity contribution >= 4 is 34.2 Å². The fourth-order valence-corrected chi connectivity index (χ4v) is 2.48. The van der Waals surface area contributed by atoms with Crippen LogP contribution in [0.15, 0.2) is 42.5 Å². The van der Waals surface area contributed by atoms with Gasteiger partial charge < -0.3 is 10.1 Å². The zero-order valence-electron chi connectivity index (χ0n) is 9.77. The van der Waals surface area contributed by atoms with Crippen LogP contribution in [0.3, 0.4) is 0 Å². The van der Waals surface area contributed by atoms with Gasteiger partial charge in [0.2, 0.25) is 0 Å². The first-order chi connectivity index (χ1) is 9.15. The van der Waals surface area contributed by atoms with Crippen molar-refractivity contribution in [3.05, 3.63) is 63.9 Å². The molecule has 1 heterocycles. The molecule has 0 aliphatic heterocycles. The number of aliphatic hydroxyl groups excluding tert-OH is 1. The van der Waals surface area contributed by atoms with Gasteiger partial charge in [-0.25, -0.2) is 4.98 Å². The van der Waals surface area contributed by atoms with Crippen LogP contribution in [0.2, 0.25) is 10.0 Å². The highest BCUT2D eigenvalue weighted by molar-refractivity contribution is 6.35. The molecule has 0 bridgehead atoms. The number of aromatic amines is 1.